The molecule has 1 amide bonds. The molecule has 0 spiro atoms. The zero-order chi connectivity index (χ0) is 15.9. The van der Waals surface area contributed by atoms with E-state index in [-0.39, 0.29) is 6.09 Å². The van der Waals surface area contributed by atoms with Crippen molar-refractivity contribution < 1.29 is 9.53 Å². The normalized spacial score (nSPS) is 15.5. The number of thiazole rings is 1. The third-order valence-corrected chi connectivity index (χ3v) is 4.70. The molecular weight excluding hydrogens is 296 g/mol. The molecular formula is C17H22N2O2S. The number of benzene rings is 1. The Morgan fingerprint density at radius 3 is 2.50 bits per heavy atom. The molecule has 1 aliphatic rings. The van der Waals surface area contributed by atoms with Crippen molar-refractivity contribution in [3.05, 3.63) is 28.3 Å². The third-order valence-electron chi connectivity index (χ3n) is 3.77. The van der Waals surface area contributed by atoms with E-state index < -0.39 is 5.60 Å². The van der Waals surface area contributed by atoms with E-state index in [1.807, 2.05) is 32.6 Å². The number of carbonyl (C=O) groups is 1. The molecule has 2 heterocycles. The maximum Gasteiger partial charge on any atom is 0.410 e. The van der Waals surface area contributed by atoms with Crippen LogP contribution in [-0.2, 0) is 17.6 Å². The molecule has 0 N–H and O–H groups in total. The molecule has 118 valence electrons. The van der Waals surface area contributed by atoms with Crippen LogP contribution in [0.2, 0.25) is 0 Å². The summed E-state index contributed by atoms with van der Waals surface area (Å²) >= 11 is 1.73. The van der Waals surface area contributed by atoms with Crippen LogP contribution in [0.15, 0.2) is 12.1 Å². The number of aryl methyl sites for hydroxylation is 1. The van der Waals surface area contributed by atoms with Crippen LogP contribution < -0.4 is 0 Å². The molecule has 0 bridgehead atoms. The van der Waals surface area contributed by atoms with Crippen LogP contribution in [0.25, 0.3) is 10.2 Å². The molecule has 0 unspecified atom stereocenters. The quantitative estimate of drug-likeness (QED) is 0.739. The summed E-state index contributed by atoms with van der Waals surface area (Å²) in [6, 6.07) is 4.43. The average Bonchev–Trinajstić information content (AvgIpc) is 2.62. The lowest BCUT2D eigenvalue weighted by molar-refractivity contribution is 0.0258. The molecule has 0 saturated carbocycles. The van der Waals surface area contributed by atoms with Crippen molar-refractivity contribution in [1.29, 1.82) is 0 Å². The van der Waals surface area contributed by atoms with Gasteiger partial charge >= 0.3 is 6.09 Å². The van der Waals surface area contributed by atoms with Gasteiger partial charge in [-0.05, 0) is 63.8 Å². The number of aromatic nitrogens is 1. The van der Waals surface area contributed by atoms with Crippen LogP contribution in [0.3, 0.4) is 0 Å². The van der Waals surface area contributed by atoms with Gasteiger partial charge in [-0.2, -0.15) is 0 Å². The Morgan fingerprint density at radius 2 is 1.86 bits per heavy atom. The zero-order valence-corrected chi connectivity index (χ0v) is 14.4. The van der Waals surface area contributed by atoms with Gasteiger partial charge in [0.2, 0.25) is 0 Å². The second kappa shape index (κ2) is 5.54. The highest BCUT2D eigenvalue weighted by atomic mass is 32.1. The minimum absolute atomic E-state index is 0.212. The average molecular weight is 318 g/mol. The van der Waals surface area contributed by atoms with Crippen molar-refractivity contribution in [2.45, 2.75) is 46.1 Å². The fourth-order valence-corrected chi connectivity index (χ4v) is 3.64. The second-order valence-corrected chi connectivity index (χ2v) is 8.02. The minimum Gasteiger partial charge on any atom is -0.444 e. The van der Waals surface area contributed by atoms with Crippen molar-refractivity contribution in [2.75, 3.05) is 13.1 Å². The number of carbonyl (C=O) groups excluding carboxylic acids is 1. The van der Waals surface area contributed by atoms with Gasteiger partial charge in [0.05, 0.1) is 15.2 Å². The van der Waals surface area contributed by atoms with Gasteiger partial charge in [-0.25, -0.2) is 9.78 Å². The highest BCUT2D eigenvalue weighted by molar-refractivity contribution is 7.18. The molecule has 2 aromatic rings. The van der Waals surface area contributed by atoms with Gasteiger partial charge < -0.3 is 9.64 Å². The van der Waals surface area contributed by atoms with Crippen LogP contribution in [0.5, 0.6) is 0 Å². The Bertz CT molecular complexity index is 670. The Labute approximate surface area is 135 Å². The van der Waals surface area contributed by atoms with Crippen molar-refractivity contribution in [3.8, 4) is 0 Å². The Morgan fingerprint density at radius 1 is 1.23 bits per heavy atom. The number of rotatable bonds is 0. The summed E-state index contributed by atoms with van der Waals surface area (Å²) in [6.45, 7) is 9.17. The number of nitrogens with zero attached hydrogens (tertiary/aromatic N) is 2. The lowest BCUT2D eigenvalue weighted by atomic mass is 10.0. The van der Waals surface area contributed by atoms with E-state index in [0.717, 1.165) is 23.4 Å². The van der Waals surface area contributed by atoms with E-state index >= 15 is 0 Å². The molecule has 22 heavy (non-hydrogen) atoms. The summed E-state index contributed by atoms with van der Waals surface area (Å²) in [5.74, 6) is 0. The number of ether oxygens (including phenoxy) is 1. The van der Waals surface area contributed by atoms with E-state index in [4.69, 9.17) is 4.74 Å². The first-order valence-corrected chi connectivity index (χ1v) is 8.50. The number of amides is 1. The van der Waals surface area contributed by atoms with Gasteiger partial charge in [-0.3, -0.25) is 0 Å². The second-order valence-electron chi connectivity index (χ2n) is 6.79. The number of hydrogen-bond acceptors (Lipinski definition) is 4. The minimum atomic E-state index is -0.444. The third kappa shape index (κ3) is 3.24. The fourth-order valence-electron chi connectivity index (χ4n) is 2.77. The highest BCUT2D eigenvalue weighted by Gasteiger charge is 2.24. The molecule has 0 radical (unpaired) electrons. The molecule has 3 rings (SSSR count). The zero-order valence-electron chi connectivity index (χ0n) is 13.6. The molecule has 0 aliphatic carbocycles. The van der Waals surface area contributed by atoms with Crippen LogP contribution >= 0.6 is 11.3 Å². The molecule has 0 fully saturated rings. The summed E-state index contributed by atoms with van der Waals surface area (Å²) in [7, 11) is 0. The van der Waals surface area contributed by atoms with Crippen LogP contribution in [-0.4, -0.2) is 34.7 Å². The van der Waals surface area contributed by atoms with Gasteiger partial charge in [0.25, 0.3) is 0 Å². The van der Waals surface area contributed by atoms with Gasteiger partial charge in [0.1, 0.15) is 5.60 Å². The van der Waals surface area contributed by atoms with Gasteiger partial charge in [0.15, 0.2) is 0 Å². The summed E-state index contributed by atoms with van der Waals surface area (Å²) in [5.41, 5.74) is 3.28. The predicted octanol–water partition coefficient (Wildman–Crippen LogP) is 3.94. The predicted molar refractivity (Wildman–Crippen MR) is 89.6 cm³/mol. The summed E-state index contributed by atoms with van der Waals surface area (Å²) in [4.78, 5) is 18.6. The van der Waals surface area contributed by atoms with Gasteiger partial charge in [-0.15, -0.1) is 11.3 Å². The highest BCUT2D eigenvalue weighted by Crippen LogP contribution is 2.27. The largest absolute Gasteiger partial charge is 0.444 e. The van der Waals surface area contributed by atoms with Crippen molar-refractivity contribution >= 4 is 27.6 Å². The SMILES string of the molecule is Cc1nc2cc3c(cc2s1)CCN(C(=O)OC(C)(C)C)CC3. The van der Waals surface area contributed by atoms with Gasteiger partial charge in [-0.1, -0.05) is 0 Å². The lowest BCUT2D eigenvalue weighted by Gasteiger charge is -2.26. The molecule has 0 atom stereocenters. The lowest BCUT2D eigenvalue weighted by Crippen LogP contribution is -2.38. The maximum atomic E-state index is 12.2. The van der Waals surface area contributed by atoms with E-state index in [1.165, 1.54) is 15.8 Å². The van der Waals surface area contributed by atoms with Crippen molar-refractivity contribution in [2.24, 2.45) is 0 Å². The van der Waals surface area contributed by atoms with E-state index in [0.29, 0.717) is 13.1 Å². The Kier molecular flexibility index (Phi) is 3.85. The first-order valence-electron chi connectivity index (χ1n) is 7.69. The van der Waals surface area contributed by atoms with Crippen molar-refractivity contribution in [3.63, 3.8) is 0 Å². The van der Waals surface area contributed by atoms with E-state index in [2.05, 4.69) is 17.1 Å². The van der Waals surface area contributed by atoms with E-state index in [9.17, 15) is 4.79 Å². The number of hydrogen-bond donors (Lipinski definition) is 0. The topological polar surface area (TPSA) is 42.4 Å². The standard InChI is InChI=1S/C17H22N2O2S/c1-11-18-14-9-12-5-7-19(16(20)21-17(2,3)4)8-6-13(12)10-15(14)22-11/h9-10H,5-8H2,1-4H3. The van der Waals surface area contributed by atoms with Crippen LogP contribution in [0.1, 0.15) is 36.9 Å². The number of fused-ring (bicyclic) bond motifs is 2. The molecule has 1 aliphatic heterocycles. The van der Waals surface area contributed by atoms with Crippen molar-refractivity contribution in [1.82, 2.24) is 9.88 Å². The fraction of sp³-hybridized carbons (Fsp3) is 0.529. The molecule has 1 aromatic carbocycles. The molecule has 0 saturated heterocycles. The maximum absolute atomic E-state index is 12.2. The molecule has 4 nitrogen and oxygen atoms in total. The molecule has 1 aromatic heterocycles. The first kappa shape index (κ1) is 15.3. The first-order chi connectivity index (χ1) is 10.3. The van der Waals surface area contributed by atoms with Crippen LogP contribution in [0, 0.1) is 6.92 Å². The smallest absolute Gasteiger partial charge is 0.410 e. The van der Waals surface area contributed by atoms with E-state index in [1.54, 1.807) is 11.3 Å². The molecule has 5 heteroatoms. The summed E-state index contributed by atoms with van der Waals surface area (Å²) in [6.07, 6.45) is 1.53. The monoisotopic (exact) mass is 318 g/mol. The van der Waals surface area contributed by atoms with Gasteiger partial charge in [0, 0.05) is 13.1 Å². The van der Waals surface area contributed by atoms with Crippen LogP contribution in [0.4, 0.5) is 4.79 Å². The summed E-state index contributed by atoms with van der Waals surface area (Å²) < 4.78 is 6.72. The summed E-state index contributed by atoms with van der Waals surface area (Å²) in [5, 5.41) is 1.10. The Balaban J connectivity index is 1.79. The Hall–Kier alpha value is -1.62.